The van der Waals surface area contributed by atoms with Crippen LogP contribution in [0.2, 0.25) is 0 Å². The summed E-state index contributed by atoms with van der Waals surface area (Å²) in [7, 11) is 0. The van der Waals surface area contributed by atoms with Crippen molar-refractivity contribution in [2.45, 2.75) is 22.9 Å². The third kappa shape index (κ3) is 1.37. The Labute approximate surface area is 89.2 Å². The van der Waals surface area contributed by atoms with E-state index in [1.807, 2.05) is 6.92 Å². The summed E-state index contributed by atoms with van der Waals surface area (Å²) in [4.78, 5) is 0. The van der Waals surface area contributed by atoms with Gasteiger partial charge in [0.1, 0.15) is 0 Å². The fourth-order valence-electron chi connectivity index (χ4n) is 1.89. The molecule has 0 bridgehead atoms. The quantitative estimate of drug-likeness (QED) is 0.730. The summed E-state index contributed by atoms with van der Waals surface area (Å²) < 4.78 is 11.1. The molecule has 2 nitrogen and oxygen atoms in total. The summed E-state index contributed by atoms with van der Waals surface area (Å²) in [6, 6.07) is 0. The SMILES string of the molecule is CCOC1OCCC2C1C2(Br)Br. The van der Waals surface area contributed by atoms with Crippen LogP contribution in [-0.4, -0.2) is 22.7 Å². The van der Waals surface area contributed by atoms with Gasteiger partial charge in [-0.3, -0.25) is 0 Å². The molecular weight excluding hydrogens is 288 g/mol. The number of hydrogen-bond donors (Lipinski definition) is 0. The molecule has 2 rings (SSSR count). The first-order valence-corrected chi connectivity index (χ1v) is 5.87. The Hall–Kier alpha value is 0.880. The minimum Gasteiger partial charge on any atom is -0.353 e. The molecule has 0 aromatic rings. The van der Waals surface area contributed by atoms with Crippen molar-refractivity contribution in [3.63, 3.8) is 0 Å². The largest absolute Gasteiger partial charge is 0.353 e. The first-order valence-electron chi connectivity index (χ1n) is 4.29. The van der Waals surface area contributed by atoms with Crippen LogP contribution in [0.3, 0.4) is 0 Å². The maximum atomic E-state index is 5.53. The molecule has 3 unspecified atom stereocenters. The lowest BCUT2D eigenvalue weighted by atomic mass is 10.2. The van der Waals surface area contributed by atoms with E-state index in [1.54, 1.807) is 0 Å². The standard InChI is InChI=1S/C8H12Br2O2/c1-2-11-7-6-5(3-4-12-7)8(6,9)10/h5-7H,2-4H2,1H3. The topological polar surface area (TPSA) is 18.5 Å². The highest BCUT2D eigenvalue weighted by Crippen LogP contribution is 2.66. The highest BCUT2D eigenvalue weighted by atomic mass is 79.9. The van der Waals surface area contributed by atoms with Gasteiger partial charge in [-0.25, -0.2) is 0 Å². The van der Waals surface area contributed by atoms with Gasteiger partial charge in [-0.1, -0.05) is 31.9 Å². The molecule has 2 aliphatic rings. The lowest BCUT2D eigenvalue weighted by molar-refractivity contribution is -0.167. The summed E-state index contributed by atoms with van der Waals surface area (Å²) in [5.74, 6) is 1.17. The summed E-state index contributed by atoms with van der Waals surface area (Å²) in [5, 5.41) is 0. The maximum absolute atomic E-state index is 5.53. The van der Waals surface area contributed by atoms with Crippen LogP contribution in [0, 0.1) is 11.8 Å². The van der Waals surface area contributed by atoms with E-state index in [0.717, 1.165) is 19.6 Å². The van der Waals surface area contributed by atoms with E-state index < -0.39 is 0 Å². The number of alkyl halides is 2. The van der Waals surface area contributed by atoms with Gasteiger partial charge in [0, 0.05) is 12.5 Å². The van der Waals surface area contributed by atoms with Crippen LogP contribution in [0.5, 0.6) is 0 Å². The van der Waals surface area contributed by atoms with E-state index in [2.05, 4.69) is 31.9 Å². The van der Waals surface area contributed by atoms with Crippen molar-refractivity contribution in [1.82, 2.24) is 0 Å². The molecule has 1 heterocycles. The zero-order valence-corrected chi connectivity index (χ0v) is 10.1. The molecule has 2 fully saturated rings. The highest BCUT2D eigenvalue weighted by molar-refractivity contribution is 9.25. The minimum atomic E-state index is -0.00694. The van der Waals surface area contributed by atoms with Crippen LogP contribution in [0.4, 0.5) is 0 Å². The van der Waals surface area contributed by atoms with E-state index in [1.165, 1.54) is 0 Å². The summed E-state index contributed by atoms with van der Waals surface area (Å²) in [5.41, 5.74) is 0. The van der Waals surface area contributed by atoms with Gasteiger partial charge in [0.15, 0.2) is 6.29 Å². The van der Waals surface area contributed by atoms with Gasteiger partial charge in [-0.15, -0.1) is 0 Å². The Morgan fingerprint density at radius 3 is 3.00 bits per heavy atom. The van der Waals surface area contributed by atoms with Gasteiger partial charge in [0.2, 0.25) is 0 Å². The molecule has 12 heavy (non-hydrogen) atoms. The Kier molecular flexibility index (Phi) is 2.54. The van der Waals surface area contributed by atoms with Crippen LogP contribution in [0.25, 0.3) is 0 Å². The number of ether oxygens (including phenoxy) is 2. The Bertz CT molecular complexity index is 182. The molecule has 1 saturated carbocycles. The fourth-order valence-corrected chi connectivity index (χ4v) is 3.72. The number of hydrogen-bond acceptors (Lipinski definition) is 2. The maximum Gasteiger partial charge on any atom is 0.162 e. The second-order valence-electron chi connectivity index (χ2n) is 3.29. The Morgan fingerprint density at radius 1 is 1.58 bits per heavy atom. The molecule has 0 radical (unpaired) electrons. The minimum absolute atomic E-state index is 0.00694. The molecule has 3 atom stereocenters. The third-order valence-corrected chi connectivity index (χ3v) is 4.83. The fraction of sp³-hybridized carbons (Fsp3) is 1.00. The van der Waals surface area contributed by atoms with Crippen molar-refractivity contribution >= 4 is 31.9 Å². The van der Waals surface area contributed by atoms with Gasteiger partial charge in [-0.2, -0.15) is 0 Å². The molecule has 1 saturated heterocycles. The summed E-state index contributed by atoms with van der Waals surface area (Å²) in [6.07, 6.45) is 1.12. The second kappa shape index (κ2) is 3.23. The number of halogens is 2. The lowest BCUT2D eigenvalue weighted by Gasteiger charge is -2.21. The van der Waals surface area contributed by atoms with Crippen LogP contribution in [0.1, 0.15) is 13.3 Å². The van der Waals surface area contributed by atoms with Crippen molar-refractivity contribution in [3.05, 3.63) is 0 Å². The molecule has 0 aromatic carbocycles. The van der Waals surface area contributed by atoms with Crippen molar-refractivity contribution in [2.24, 2.45) is 11.8 Å². The number of fused-ring (bicyclic) bond motifs is 1. The predicted octanol–water partition coefficient (Wildman–Crippen LogP) is 2.50. The molecule has 4 heteroatoms. The summed E-state index contributed by atoms with van der Waals surface area (Å²) in [6.45, 7) is 3.55. The normalized spacial score (nSPS) is 43.8. The van der Waals surface area contributed by atoms with E-state index in [0.29, 0.717) is 11.8 Å². The molecule has 0 spiro atoms. The molecule has 1 aliphatic heterocycles. The van der Waals surface area contributed by atoms with Gasteiger partial charge < -0.3 is 9.47 Å². The van der Waals surface area contributed by atoms with Gasteiger partial charge in [-0.05, 0) is 19.3 Å². The van der Waals surface area contributed by atoms with E-state index >= 15 is 0 Å². The van der Waals surface area contributed by atoms with Crippen LogP contribution in [0.15, 0.2) is 0 Å². The first kappa shape index (κ1) is 9.44. The zero-order valence-electron chi connectivity index (χ0n) is 6.93. The first-order chi connectivity index (χ1) is 5.68. The highest BCUT2D eigenvalue weighted by Gasteiger charge is 2.67. The van der Waals surface area contributed by atoms with Crippen molar-refractivity contribution in [1.29, 1.82) is 0 Å². The van der Waals surface area contributed by atoms with Crippen molar-refractivity contribution < 1.29 is 9.47 Å². The average Bonchev–Trinajstić information content (AvgIpc) is 2.57. The van der Waals surface area contributed by atoms with E-state index in [4.69, 9.17) is 9.47 Å². The number of rotatable bonds is 2. The van der Waals surface area contributed by atoms with Gasteiger partial charge >= 0.3 is 0 Å². The zero-order chi connectivity index (χ0) is 8.77. The Morgan fingerprint density at radius 2 is 2.33 bits per heavy atom. The molecule has 1 aliphatic carbocycles. The Balaban J connectivity index is 1.99. The van der Waals surface area contributed by atoms with E-state index in [-0.39, 0.29) is 9.52 Å². The second-order valence-corrected chi connectivity index (χ2v) is 6.98. The molecule has 0 N–H and O–H groups in total. The van der Waals surface area contributed by atoms with Gasteiger partial charge in [0.25, 0.3) is 0 Å². The van der Waals surface area contributed by atoms with Crippen LogP contribution >= 0.6 is 31.9 Å². The molecular formula is C8H12Br2O2. The summed E-state index contributed by atoms with van der Waals surface area (Å²) >= 11 is 7.29. The molecule has 0 aromatic heterocycles. The van der Waals surface area contributed by atoms with E-state index in [9.17, 15) is 0 Å². The predicted molar refractivity (Wildman–Crippen MR) is 53.5 cm³/mol. The smallest absolute Gasteiger partial charge is 0.162 e. The van der Waals surface area contributed by atoms with Gasteiger partial charge in [0.05, 0.1) is 9.84 Å². The average molecular weight is 300 g/mol. The van der Waals surface area contributed by atoms with Crippen LogP contribution < -0.4 is 0 Å². The monoisotopic (exact) mass is 298 g/mol. The molecule has 70 valence electrons. The third-order valence-electron chi connectivity index (χ3n) is 2.60. The van der Waals surface area contributed by atoms with Crippen molar-refractivity contribution in [2.75, 3.05) is 13.2 Å². The van der Waals surface area contributed by atoms with Crippen LogP contribution in [-0.2, 0) is 9.47 Å². The molecule has 0 amide bonds. The lowest BCUT2D eigenvalue weighted by Crippen LogP contribution is -2.25. The van der Waals surface area contributed by atoms with Crippen molar-refractivity contribution in [3.8, 4) is 0 Å².